The van der Waals surface area contributed by atoms with Gasteiger partial charge >= 0.3 is 0 Å². The average molecular weight is 283 g/mol. The van der Waals surface area contributed by atoms with E-state index in [4.69, 9.17) is 5.26 Å². The maximum Gasteiger partial charge on any atom is 0.188 e. The SMILES string of the molecule is Cc1cccc2sc(Nc3ccc(F)c(C#N)c3)nc12. The largest absolute Gasteiger partial charge is 0.331 e. The van der Waals surface area contributed by atoms with Crippen LogP contribution in [-0.4, -0.2) is 4.98 Å². The third-order valence-corrected chi connectivity index (χ3v) is 3.89. The van der Waals surface area contributed by atoms with E-state index in [1.165, 1.54) is 23.5 Å². The fourth-order valence-corrected chi connectivity index (χ4v) is 2.92. The van der Waals surface area contributed by atoms with E-state index in [2.05, 4.69) is 10.3 Å². The Kier molecular flexibility index (Phi) is 3.09. The summed E-state index contributed by atoms with van der Waals surface area (Å²) >= 11 is 1.53. The first-order valence-corrected chi connectivity index (χ1v) is 6.82. The lowest BCUT2D eigenvalue weighted by atomic mass is 10.2. The van der Waals surface area contributed by atoms with E-state index >= 15 is 0 Å². The van der Waals surface area contributed by atoms with Gasteiger partial charge in [-0.1, -0.05) is 23.5 Å². The van der Waals surface area contributed by atoms with Gasteiger partial charge in [0, 0.05) is 5.69 Å². The van der Waals surface area contributed by atoms with E-state index in [1.54, 1.807) is 6.07 Å². The Bertz CT molecular complexity index is 833. The van der Waals surface area contributed by atoms with Crippen molar-refractivity contribution in [1.82, 2.24) is 4.98 Å². The molecule has 0 aliphatic rings. The number of rotatable bonds is 2. The van der Waals surface area contributed by atoms with Crippen LogP contribution in [0.2, 0.25) is 0 Å². The maximum absolute atomic E-state index is 13.3. The van der Waals surface area contributed by atoms with Gasteiger partial charge in [-0.05, 0) is 36.8 Å². The zero-order valence-electron chi connectivity index (χ0n) is 10.6. The number of thiazole rings is 1. The summed E-state index contributed by atoms with van der Waals surface area (Å²) in [6, 6.07) is 12.2. The Balaban J connectivity index is 1.97. The lowest BCUT2D eigenvalue weighted by Crippen LogP contribution is -1.92. The van der Waals surface area contributed by atoms with Crippen LogP contribution in [0.3, 0.4) is 0 Å². The monoisotopic (exact) mass is 283 g/mol. The third-order valence-electron chi connectivity index (χ3n) is 2.96. The number of hydrogen-bond acceptors (Lipinski definition) is 4. The van der Waals surface area contributed by atoms with Crippen molar-refractivity contribution in [2.24, 2.45) is 0 Å². The molecule has 1 N–H and O–H groups in total. The average Bonchev–Trinajstić information content (AvgIpc) is 2.85. The van der Waals surface area contributed by atoms with Gasteiger partial charge in [0.1, 0.15) is 11.9 Å². The fourth-order valence-electron chi connectivity index (χ4n) is 1.95. The number of hydrogen-bond donors (Lipinski definition) is 1. The Morgan fingerprint density at radius 3 is 2.90 bits per heavy atom. The van der Waals surface area contributed by atoms with Crippen LogP contribution in [0.5, 0.6) is 0 Å². The van der Waals surface area contributed by atoms with Crippen LogP contribution in [0.1, 0.15) is 11.1 Å². The Morgan fingerprint density at radius 1 is 1.30 bits per heavy atom. The standard InChI is InChI=1S/C15H10FN3S/c1-9-3-2-4-13-14(9)19-15(20-13)18-11-5-6-12(16)10(7-11)8-17/h2-7H,1H3,(H,18,19). The van der Waals surface area contributed by atoms with Gasteiger partial charge in [0.2, 0.25) is 0 Å². The molecule has 0 saturated heterocycles. The van der Waals surface area contributed by atoms with E-state index in [0.717, 1.165) is 20.9 Å². The molecule has 0 atom stereocenters. The summed E-state index contributed by atoms with van der Waals surface area (Å²) in [5.74, 6) is -0.516. The van der Waals surface area contributed by atoms with Crippen LogP contribution in [-0.2, 0) is 0 Å². The molecule has 3 rings (SSSR count). The van der Waals surface area contributed by atoms with Gasteiger partial charge in [0.15, 0.2) is 5.13 Å². The molecule has 0 fully saturated rings. The third kappa shape index (κ3) is 2.22. The second-order valence-electron chi connectivity index (χ2n) is 4.37. The molecule has 1 heterocycles. The molecule has 0 bridgehead atoms. The molecule has 0 aliphatic carbocycles. The Morgan fingerprint density at radius 2 is 2.15 bits per heavy atom. The van der Waals surface area contributed by atoms with Gasteiger partial charge in [-0.3, -0.25) is 0 Å². The molecular weight excluding hydrogens is 273 g/mol. The molecule has 3 aromatic rings. The van der Waals surface area contributed by atoms with Crippen molar-refractivity contribution in [1.29, 1.82) is 5.26 Å². The summed E-state index contributed by atoms with van der Waals surface area (Å²) in [5, 5.41) is 12.7. The van der Waals surface area contributed by atoms with Crippen molar-refractivity contribution in [3.8, 4) is 6.07 Å². The second kappa shape index (κ2) is 4.91. The fraction of sp³-hybridized carbons (Fsp3) is 0.0667. The summed E-state index contributed by atoms with van der Waals surface area (Å²) in [6.07, 6.45) is 0. The lowest BCUT2D eigenvalue weighted by molar-refractivity contribution is 0.624. The van der Waals surface area contributed by atoms with Crippen molar-refractivity contribution in [3.63, 3.8) is 0 Å². The van der Waals surface area contributed by atoms with Crippen LogP contribution in [0.4, 0.5) is 15.2 Å². The number of nitrogens with one attached hydrogen (secondary N) is 1. The minimum Gasteiger partial charge on any atom is -0.331 e. The van der Waals surface area contributed by atoms with Crippen molar-refractivity contribution < 1.29 is 4.39 Å². The second-order valence-corrected chi connectivity index (χ2v) is 5.40. The molecule has 3 nitrogen and oxygen atoms in total. The number of aromatic nitrogens is 1. The first kappa shape index (κ1) is 12.6. The van der Waals surface area contributed by atoms with Crippen LogP contribution in [0.15, 0.2) is 36.4 Å². The summed E-state index contributed by atoms with van der Waals surface area (Å²) in [7, 11) is 0. The Labute approximate surface area is 119 Å². The predicted octanol–water partition coefficient (Wildman–Crippen LogP) is 4.36. The number of aryl methyl sites for hydroxylation is 1. The van der Waals surface area contributed by atoms with Crippen molar-refractivity contribution in [3.05, 3.63) is 53.3 Å². The highest BCUT2D eigenvalue weighted by Gasteiger charge is 2.07. The van der Waals surface area contributed by atoms with E-state index in [0.29, 0.717) is 5.69 Å². The minimum absolute atomic E-state index is 0.0206. The van der Waals surface area contributed by atoms with Crippen LogP contribution >= 0.6 is 11.3 Å². The first-order chi connectivity index (χ1) is 9.67. The van der Waals surface area contributed by atoms with Gasteiger partial charge in [-0.2, -0.15) is 5.26 Å². The zero-order valence-corrected chi connectivity index (χ0v) is 11.5. The molecule has 0 amide bonds. The summed E-state index contributed by atoms with van der Waals surface area (Å²) in [6.45, 7) is 2.01. The number of nitriles is 1. The number of nitrogens with zero attached hydrogens (tertiary/aromatic N) is 2. The Hall–Kier alpha value is -2.45. The van der Waals surface area contributed by atoms with Gasteiger partial charge in [0.05, 0.1) is 15.8 Å². The zero-order chi connectivity index (χ0) is 14.1. The summed E-state index contributed by atoms with van der Waals surface area (Å²) in [5.41, 5.74) is 2.75. The first-order valence-electron chi connectivity index (χ1n) is 6.00. The molecule has 0 unspecified atom stereocenters. The minimum atomic E-state index is -0.516. The van der Waals surface area contributed by atoms with Crippen LogP contribution in [0, 0.1) is 24.1 Å². The molecule has 98 valence electrons. The van der Waals surface area contributed by atoms with E-state index in [-0.39, 0.29) is 5.56 Å². The van der Waals surface area contributed by atoms with Crippen molar-refractivity contribution in [2.45, 2.75) is 6.92 Å². The highest BCUT2D eigenvalue weighted by molar-refractivity contribution is 7.22. The molecule has 1 aromatic heterocycles. The van der Waals surface area contributed by atoms with Crippen LogP contribution in [0.25, 0.3) is 10.2 Å². The highest BCUT2D eigenvalue weighted by atomic mass is 32.1. The smallest absolute Gasteiger partial charge is 0.188 e. The van der Waals surface area contributed by atoms with Gasteiger partial charge in [0.25, 0.3) is 0 Å². The summed E-state index contributed by atoms with van der Waals surface area (Å²) < 4.78 is 14.4. The quantitative estimate of drug-likeness (QED) is 0.760. The predicted molar refractivity (Wildman–Crippen MR) is 78.8 cm³/mol. The maximum atomic E-state index is 13.3. The highest BCUT2D eigenvalue weighted by Crippen LogP contribution is 2.30. The molecule has 0 aliphatic heterocycles. The molecule has 20 heavy (non-hydrogen) atoms. The topological polar surface area (TPSA) is 48.7 Å². The van der Waals surface area contributed by atoms with Crippen LogP contribution < -0.4 is 5.32 Å². The van der Waals surface area contributed by atoms with E-state index in [1.807, 2.05) is 31.2 Å². The summed E-state index contributed by atoms with van der Waals surface area (Å²) in [4.78, 5) is 4.52. The van der Waals surface area contributed by atoms with Crippen molar-refractivity contribution in [2.75, 3.05) is 5.32 Å². The molecule has 0 spiro atoms. The number of benzene rings is 2. The number of anilines is 2. The number of para-hydroxylation sites is 1. The van der Waals surface area contributed by atoms with Crippen molar-refractivity contribution >= 4 is 32.4 Å². The molecule has 0 radical (unpaired) electrons. The van der Waals surface area contributed by atoms with E-state index < -0.39 is 5.82 Å². The van der Waals surface area contributed by atoms with Gasteiger partial charge < -0.3 is 5.32 Å². The number of halogens is 1. The van der Waals surface area contributed by atoms with Gasteiger partial charge in [-0.25, -0.2) is 9.37 Å². The molecule has 0 saturated carbocycles. The van der Waals surface area contributed by atoms with E-state index in [9.17, 15) is 4.39 Å². The lowest BCUT2D eigenvalue weighted by Gasteiger charge is -2.02. The van der Waals surface area contributed by atoms with Gasteiger partial charge in [-0.15, -0.1) is 0 Å². The number of fused-ring (bicyclic) bond motifs is 1. The molecule has 2 aromatic carbocycles. The normalized spacial score (nSPS) is 10.4. The molecular formula is C15H10FN3S. The molecule has 5 heteroatoms.